The van der Waals surface area contributed by atoms with Gasteiger partial charge in [-0.3, -0.25) is 4.99 Å². The molecule has 98 valence electrons. The van der Waals surface area contributed by atoms with Gasteiger partial charge in [-0.2, -0.15) is 0 Å². The Bertz CT molecular complexity index is 261. The second-order valence-corrected chi connectivity index (χ2v) is 5.10. The molecule has 3 heteroatoms. The van der Waals surface area contributed by atoms with Crippen LogP contribution in [0.4, 0.5) is 0 Å². The van der Waals surface area contributed by atoms with Crippen LogP contribution in [0.3, 0.4) is 0 Å². The van der Waals surface area contributed by atoms with Crippen molar-refractivity contribution in [2.75, 3.05) is 20.1 Å². The Labute approximate surface area is 106 Å². The predicted octanol–water partition coefficient (Wildman–Crippen LogP) is 2.39. The van der Waals surface area contributed by atoms with Crippen molar-refractivity contribution in [3.8, 4) is 12.3 Å². The fourth-order valence-corrected chi connectivity index (χ4v) is 1.62. The first kappa shape index (κ1) is 15.8. The second-order valence-electron chi connectivity index (χ2n) is 5.10. The maximum atomic E-state index is 5.20. The van der Waals surface area contributed by atoms with Gasteiger partial charge in [0, 0.05) is 13.6 Å². The third-order valence-electron chi connectivity index (χ3n) is 2.77. The van der Waals surface area contributed by atoms with Crippen LogP contribution in [-0.2, 0) is 0 Å². The molecule has 0 radical (unpaired) electrons. The van der Waals surface area contributed by atoms with Gasteiger partial charge in [0.1, 0.15) is 0 Å². The van der Waals surface area contributed by atoms with E-state index in [1.165, 1.54) is 25.7 Å². The molecule has 0 rings (SSSR count). The van der Waals surface area contributed by atoms with Crippen LogP contribution in [0.5, 0.6) is 0 Å². The fourth-order valence-electron chi connectivity index (χ4n) is 1.62. The molecule has 0 amide bonds. The molecular formula is C14H27N3. The third kappa shape index (κ3) is 8.62. The number of terminal acetylenes is 1. The van der Waals surface area contributed by atoms with Gasteiger partial charge in [-0.1, -0.05) is 46.0 Å². The number of rotatable bonds is 7. The van der Waals surface area contributed by atoms with E-state index < -0.39 is 0 Å². The Balaban J connectivity index is 3.93. The molecule has 0 aliphatic rings. The fraction of sp³-hybridized carbons (Fsp3) is 0.786. The summed E-state index contributed by atoms with van der Waals surface area (Å²) in [5, 5.41) is 6.38. The first-order valence-corrected chi connectivity index (χ1v) is 6.43. The lowest BCUT2D eigenvalue weighted by Gasteiger charge is -2.26. The van der Waals surface area contributed by atoms with E-state index in [0.717, 1.165) is 12.5 Å². The molecule has 0 aliphatic heterocycles. The Morgan fingerprint density at radius 3 is 2.53 bits per heavy atom. The van der Waals surface area contributed by atoms with Crippen molar-refractivity contribution in [2.24, 2.45) is 10.4 Å². The zero-order valence-electron chi connectivity index (χ0n) is 11.8. The summed E-state index contributed by atoms with van der Waals surface area (Å²) in [7, 11) is 1.76. The summed E-state index contributed by atoms with van der Waals surface area (Å²) in [5.74, 6) is 3.32. The average Bonchev–Trinajstić information content (AvgIpc) is 2.29. The molecule has 0 aliphatic carbocycles. The van der Waals surface area contributed by atoms with Crippen molar-refractivity contribution < 1.29 is 0 Å². The molecular weight excluding hydrogens is 210 g/mol. The molecule has 17 heavy (non-hydrogen) atoms. The van der Waals surface area contributed by atoms with Crippen molar-refractivity contribution in [2.45, 2.75) is 46.5 Å². The lowest BCUT2D eigenvalue weighted by Crippen LogP contribution is -2.42. The predicted molar refractivity (Wildman–Crippen MR) is 76.1 cm³/mol. The Kier molecular flexibility index (Phi) is 8.31. The standard InChI is InChI=1S/C14H27N3/c1-6-8-9-10-14(3,4)12-17-13(15-5)16-11-7-2/h2H,6,8-12H2,1,3-5H3,(H2,15,16,17). The Morgan fingerprint density at radius 2 is 2.00 bits per heavy atom. The van der Waals surface area contributed by atoms with Gasteiger partial charge in [-0.15, -0.1) is 6.42 Å². The lowest BCUT2D eigenvalue weighted by molar-refractivity contribution is 0.318. The zero-order chi connectivity index (χ0) is 13.1. The number of unbranched alkanes of at least 4 members (excludes halogenated alkanes) is 2. The van der Waals surface area contributed by atoms with Crippen molar-refractivity contribution in [1.82, 2.24) is 10.6 Å². The van der Waals surface area contributed by atoms with E-state index in [2.05, 4.69) is 42.3 Å². The van der Waals surface area contributed by atoms with Gasteiger partial charge in [-0.05, 0) is 11.8 Å². The minimum Gasteiger partial charge on any atom is -0.356 e. The summed E-state index contributed by atoms with van der Waals surface area (Å²) >= 11 is 0. The van der Waals surface area contributed by atoms with Gasteiger partial charge >= 0.3 is 0 Å². The topological polar surface area (TPSA) is 36.4 Å². The normalized spacial score (nSPS) is 12.1. The van der Waals surface area contributed by atoms with E-state index in [0.29, 0.717) is 12.0 Å². The number of hydrogen-bond donors (Lipinski definition) is 2. The summed E-state index contributed by atoms with van der Waals surface area (Å²) in [5.41, 5.74) is 0.295. The quantitative estimate of drug-likeness (QED) is 0.309. The van der Waals surface area contributed by atoms with Crippen LogP contribution >= 0.6 is 0 Å². The first-order valence-electron chi connectivity index (χ1n) is 6.43. The van der Waals surface area contributed by atoms with Crippen molar-refractivity contribution in [1.29, 1.82) is 0 Å². The van der Waals surface area contributed by atoms with Crippen LogP contribution in [0.25, 0.3) is 0 Å². The Morgan fingerprint density at radius 1 is 1.29 bits per heavy atom. The number of aliphatic imine (C=N–C) groups is 1. The number of nitrogens with one attached hydrogen (secondary N) is 2. The summed E-state index contributed by atoms with van der Waals surface area (Å²) in [6.45, 7) is 8.22. The van der Waals surface area contributed by atoms with Gasteiger partial charge in [0.2, 0.25) is 0 Å². The Hall–Kier alpha value is -1.17. The molecule has 2 N–H and O–H groups in total. The smallest absolute Gasteiger partial charge is 0.191 e. The van der Waals surface area contributed by atoms with Crippen LogP contribution in [0.2, 0.25) is 0 Å². The highest BCUT2D eigenvalue weighted by Crippen LogP contribution is 2.22. The molecule has 0 unspecified atom stereocenters. The van der Waals surface area contributed by atoms with Crippen LogP contribution in [0, 0.1) is 17.8 Å². The molecule has 0 spiro atoms. The summed E-state index contributed by atoms with van der Waals surface area (Å²) in [4.78, 5) is 4.12. The number of hydrogen-bond acceptors (Lipinski definition) is 1. The van der Waals surface area contributed by atoms with E-state index in [4.69, 9.17) is 6.42 Å². The molecule has 0 saturated heterocycles. The molecule has 0 heterocycles. The van der Waals surface area contributed by atoms with Crippen LogP contribution in [-0.4, -0.2) is 26.1 Å². The van der Waals surface area contributed by atoms with E-state index in [1.54, 1.807) is 7.05 Å². The molecule has 3 nitrogen and oxygen atoms in total. The van der Waals surface area contributed by atoms with Crippen LogP contribution in [0.1, 0.15) is 46.5 Å². The lowest BCUT2D eigenvalue weighted by atomic mass is 9.87. The molecule has 0 bridgehead atoms. The first-order chi connectivity index (χ1) is 8.05. The van der Waals surface area contributed by atoms with E-state index in [1.807, 2.05) is 0 Å². The highest BCUT2D eigenvalue weighted by Gasteiger charge is 2.17. The molecule has 0 aromatic heterocycles. The molecule has 0 fully saturated rings. The molecule has 0 atom stereocenters. The van der Waals surface area contributed by atoms with Gasteiger partial charge in [0.15, 0.2) is 5.96 Å². The average molecular weight is 237 g/mol. The van der Waals surface area contributed by atoms with E-state index >= 15 is 0 Å². The summed E-state index contributed by atoms with van der Waals surface area (Å²) in [6, 6.07) is 0. The van der Waals surface area contributed by atoms with Crippen molar-refractivity contribution in [3.63, 3.8) is 0 Å². The number of nitrogens with zero attached hydrogens (tertiary/aromatic N) is 1. The maximum absolute atomic E-state index is 5.20. The molecule has 0 aromatic rings. The highest BCUT2D eigenvalue weighted by atomic mass is 15.2. The van der Waals surface area contributed by atoms with Gasteiger partial charge < -0.3 is 10.6 Å². The van der Waals surface area contributed by atoms with E-state index in [-0.39, 0.29) is 0 Å². The SMILES string of the molecule is C#CCNC(=NC)NCC(C)(C)CCCCC. The monoisotopic (exact) mass is 237 g/mol. The third-order valence-corrected chi connectivity index (χ3v) is 2.77. The molecule has 0 saturated carbocycles. The van der Waals surface area contributed by atoms with E-state index in [9.17, 15) is 0 Å². The van der Waals surface area contributed by atoms with Gasteiger partial charge in [-0.25, -0.2) is 0 Å². The van der Waals surface area contributed by atoms with Crippen LogP contribution in [0.15, 0.2) is 4.99 Å². The van der Waals surface area contributed by atoms with Crippen molar-refractivity contribution in [3.05, 3.63) is 0 Å². The van der Waals surface area contributed by atoms with Gasteiger partial charge in [0.25, 0.3) is 0 Å². The summed E-state index contributed by atoms with van der Waals surface area (Å²) < 4.78 is 0. The summed E-state index contributed by atoms with van der Waals surface area (Å²) in [6.07, 6.45) is 10.3. The second kappa shape index (κ2) is 8.92. The van der Waals surface area contributed by atoms with Gasteiger partial charge in [0.05, 0.1) is 6.54 Å². The highest BCUT2D eigenvalue weighted by molar-refractivity contribution is 5.79. The largest absolute Gasteiger partial charge is 0.356 e. The zero-order valence-corrected chi connectivity index (χ0v) is 11.8. The minimum absolute atomic E-state index is 0.295. The minimum atomic E-state index is 0.295. The number of guanidine groups is 1. The van der Waals surface area contributed by atoms with Crippen LogP contribution < -0.4 is 10.6 Å². The van der Waals surface area contributed by atoms with Crippen molar-refractivity contribution >= 4 is 5.96 Å². The maximum Gasteiger partial charge on any atom is 0.191 e. The molecule has 0 aromatic carbocycles.